The van der Waals surface area contributed by atoms with E-state index in [4.69, 9.17) is 16.1 Å². The largest absolute Gasteiger partial charge is 0.338 e. The summed E-state index contributed by atoms with van der Waals surface area (Å²) in [6.45, 7) is 0. The zero-order valence-corrected chi connectivity index (χ0v) is 15.2. The molecule has 0 saturated carbocycles. The number of benzene rings is 1. The first-order valence-electron chi connectivity index (χ1n) is 7.41. The molecule has 25 heavy (non-hydrogen) atoms. The van der Waals surface area contributed by atoms with E-state index in [0.717, 1.165) is 17.8 Å². The van der Waals surface area contributed by atoms with Gasteiger partial charge in [-0.15, -0.1) is 16.4 Å². The maximum atomic E-state index is 5.88. The van der Waals surface area contributed by atoms with Crippen LogP contribution >= 0.6 is 34.7 Å². The molecule has 0 aliphatic rings. The van der Waals surface area contributed by atoms with Crippen molar-refractivity contribution in [2.75, 3.05) is 0 Å². The molecule has 0 atom stereocenters. The summed E-state index contributed by atoms with van der Waals surface area (Å²) in [5, 5.41) is 14.6. The molecular weight excluding hydrogens is 378 g/mol. The van der Waals surface area contributed by atoms with E-state index in [1.807, 2.05) is 18.2 Å². The monoisotopic (exact) mass is 389 g/mol. The van der Waals surface area contributed by atoms with Crippen molar-refractivity contribution in [1.29, 1.82) is 0 Å². The summed E-state index contributed by atoms with van der Waals surface area (Å²) in [5.41, 5.74) is 0.862. The van der Waals surface area contributed by atoms with Crippen LogP contribution in [-0.2, 0) is 12.2 Å². The van der Waals surface area contributed by atoms with Gasteiger partial charge in [0.15, 0.2) is 0 Å². The Morgan fingerprint density at radius 1 is 1.16 bits per heavy atom. The van der Waals surface area contributed by atoms with Gasteiger partial charge in [-0.05, 0) is 35.7 Å². The first-order chi connectivity index (χ1) is 12.3. The summed E-state index contributed by atoms with van der Waals surface area (Å²) in [6, 6.07) is 11.4. The van der Waals surface area contributed by atoms with Crippen molar-refractivity contribution in [2.24, 2.45) is 0 Å². The molecule has 0 aliphatic carbocycles. The molecule has 3 heterocycles. The molecule has 1 N–H and O–H groups in total. The molecule has 9 heteroatoms. The Hall–Kier alpha value is -2.16. The van der Waals surface area contributed by atoms with Gasteiger partial charge in [0.2, 0.25) is 16.9 Å². The van der Waals surface area contributed by atoms with Gasteiger partial charge in [0.05, 0.1) is 5.75 Å². The first kappa shape index (κ1) is 16.3. The second-order valence-corrected chi connectivity index (χ2v) is 7.54. The van der Waals surface area contributed by atoms with E-state index < -0.39 is 0 Å². The smallest absolute Gasteiger partial charge is 0.237 e. The normalized spacial score (nSPS) is 11.1. The third-order valence-corrected chi connectivity index (χ3v) is 5.29. The average molecular weight is 390 g/mol. The summed E-state index contributed by atoms with van der Waals surface area (Å²) in [4.78, 5) is 10.1. The molecule has 0 unspecified atom stereocenters. The Labute approximate surface area is 156 Å². The fraction of sp³-hybridized carbons (Fsp3) is 0.125. The second kappa shape index (κ2) is 7.38. The van der Waals surface area contributed by atoms with Gasteiger partial charge in [-0.2, -0.15) is 4.98 Å². The quantitative estimate of drug-likeness (QED) is 0.490. The number of thiophene rings is 1. The number of hydrogen-bond acceptors (Lipinski definition) is 7. The Kier molecular flexibility index (Phi) is 4.82. The van der Waals surface area contributed by atoms with Crippen LogP contribution in [0.15, 0.2) is 51.5 Å². The molecule has 0 amide bonds. The van der Waals surface area contributed by atoms with Crippen LogP contribution in [0.25, 0.3) is 11.4 Å². The standard InChI is InChI=1S/C16H12ClN5OS2/c17-11-5-3-10(4-6-11)15-19-14(23-22-15)9-25-16-18-13(20-21-16)8-12-2-1-7-24-12/h1-7H,8-9H2,(H,18,20,21). The Morgan fingerprint density at radius 3 is 2.84 bits per heavy atom. The number of nitrogens with one attached hydrogen (secondary N) is 1. The van der Waals surface area contributed by atoms with Crippen molar-refractivity contribution in [3.63, 3.8) is 0 Å². The fourth-order valence-electron chi connectivity index (χ4n) is 2.16. The van der Waals surface area contributed by atoms with Crippen molar-refractivity contribution in [2.45, 2.75) is 17.3 Å². The summed E-state index contributed by atoms with van der Waals surface area (Å²) >= 11 is 9.04. The molecule has 0 radical (unpaired) electrons. The molecule has 4 rings (SSSR count). The minimum absolute atomic E-state index is 0.511. The van der Waals surface area contributed by atoms with E-state index in [2.05, 4.69) is 36.8 Å². The van der Waals surface area contributed by atoms with E-state index in [-0.39, 0.29) is 0 Å². The van der Waals surface area contributed by atoms with Crippen LogP contribution in [-0.4, -0.2) is 25.3 Å². The van der Waals surface area contributed by atoms with Crippen LogP contribution in [0.3, 0.4) is 0 Å². The number of H-pyrrole nitrogens is 1. The Morgan fingerprint density at radius 2 is 2.04 bits per heavy atom. The number of aromatic amines is 1. The summed E-state index contributed by atoms with van der Waals surface area (Å²) in [5.74, 6) is 2.43. The Balaban J connectivity index is 1.37. The summed E-state index contributed by atoms with van der Waals surface area (Å²) < 4.78 is 5.28. The van der Waals surface area contributed by atoms with Crippen LogP contribution < -0.4 is 0 Å². The van der Waals surface area contributed by atoms with Crippen LogP contribution in [0.2, 0.25) is 5.02 Å². The molecule has 0 saturated heterocycles. The molecule has 1 aromatic carbocycles. The van der Waals surface area contributed by atoms with E-state index in [0.29, 0.717) is 27.6 Å². The van der Waals surface area contributed by atoms with Gasteiger partial charge in [0.25, 0.3) is 0 Å². The van der Waals surface area contributed by atoms with Gasteiger partial charge in [0.1, 0.15) is 5.82 Å². The van der Waals surface area contributed by atoms with Gasteiger partial charge in [-0.25, -0.2) is 4.98 Å². The maximum absolute atomic E-state index is 5.88. The lowest BCUT2D eigenvalue weighted by Gasteiger charge is -1.93. The van der Waals surface area contributed by atoms with Crippen LogP contribution in [0.4, 0.5) is 0 Å². The number of aromatic nitrogens is 5. The summed E-state index contributed by atoms with van der Waals surface area (Å²) in [6.07, 6.45) is 0.756. The lowest BCUT2D eigenvalue weighted by atomic mass is 10.2. The lowest BCUT2D eigenvalue weighted by Crippen LogP contribution is -1.87. The minimum atomic E-state index is 0.511. The third-order valence-electron chi connectivity index (χ3n) is 3.33. The van der Waals surface area contributed by atoms with E-state index in [1.165, 1.54) is 16.6 Å². The first-order valence-corrected chi connectivity index (χ1v) is 9.65. The third kappa shape index (κ3) is 4.09. The van der Waals surface area contributed by atoms with Crippen molar-refractivity contribution >= 4 is 34.7 Å². The molecule has 0 fully saturated rings. The predicted octanol–water partition coefficient (Wildman–Crippen LogP) is 4.45. The number of halogens is 1. The highest BCUT2D eigenvalue weighted by Crippen LogP contribution is 2.22. The van der Waals surface area contributed by atoms with E-state index >= 15 is 0 Å². The predicted molar refractivity (Wildman–Crippen MR) is 97.8 cm³/mol. The van der Waals surface area contributed by atoms with Crippen LogP contribution in [0.5, 0.6) is 0 Å². The highest BCUT2D eigenvalue weighted by Gasteiger charge is 2.11. The minimum Gasteiger partial charge on any atom is -0.338 e. The van der Waals surface area contributed by atoms with Gasteiger partial charge < -0.3 is 4.52 Å². The van der Waals surface area contributed by atoms with Crippen LogP contribution in [0.1, 0.15) is 16.6 Å². The van der Waals surface area contributed by atoms with E-state index in [1.54, 1.807) is 23.5 Å². The van der Waals surface area contributed by atoms with Crippen molar-refractivity contribution in [1.82, 2.24) is 25.3 Å². The SMILES string of the molecule is Clc1ccc(-c2noc(CSc3n[nH]c(Cc4cccs4)n3)n2)cc1. The number of hydrogen-bond donors (Lipinski definition) is 1. The lowest BCUT2D eigenvalue weighted by molar-refractivity contribution is 0.391. The van der Waals surface area contributed by atoms with Gasteiger partial charge >= 0.3 is 0 Å². The molecule has 0 spiro atoms. The van der Waals surface area contributed by atoms with Crippen molar-refractivity contribution < 1.29 is 4.52 Å². The molecular formula is C16H12ClN5OS2. The average Bonchev–Trinajstić information content (AvgIpc) is 3.36. The van der Waals surface area contributed by atoms with Crippen LogP contribution in [0, 0.1) is 0 Å². The molecule has 0 bridgehead atoms. The highest BCUT2D eigenvalue weighted by molar-refractivity contribution is 7.98. The van der Waals surface area contributed by atoms with Crippen molar-refractivity contribution in [3.05, 3.63) is 63.4 Å². The van der Waals surface area contributed by atoms with Gasteiger partial charge in [-0.3, -0.25) is 5.10 Å². The molecule has 6 nitrogen and oxygen atoms in total. The Bertz CT molecular complexity index is 949. The number of rotatable bonds is 6. The molecule has 4 aromatic rings. The van der Waals surface area contributed by atoms with Crippen molar-refractivity contribution in [3.8, 4) is 11.4 Å². The molecule has 126 valence electrons. The highest BCUT2D eigenvalue weighted by atomic mass is 35.5. The number of thioether (sulfide) groups is 1. The van der Waals surface area contributed by atoms with E-state index in [9.17, 15) is 0 Å². The zero-order valence-electron chi connectivity index (χ0n) is 12.8. The summed E-state index contributed by atoms with van der Waals surface area (Å²) in [7, 11) is 0. The van der Waals surface area contributed by atoms with Gasteiger partial charge in [0, 0.05) is 21.9 Å². The molecule has 0 aliphatic heterocycles. The van der Waals surface area contributed by atoms with Gasteiger partial charge in [-0.1, -0.05) is 34.6 Å². The zero-order chi connectivity index (χ0) is 17.1. The molecule has 3 aromatic heterocycles. The fourth-order valence-corrected chi connectivity index (χ4v) is 3.65. The maximum Gasteiger partial charge on any atom is 0.237 e. The number of nitrogens with zero attached hydrogens (tertiary/aromatic N) is 4. The topological polar surface area (TPSA) is 80.5 Å². The second-order valence-electron chi connectivity index (χ2n) is 5.13.